The lowest BCUT2D eigenvalue weighted by Crippen LogP contribution is -2.56. The maximum atomic E-state index is 14.1. The van der Waals surface area contributed by atoms with Crippen molar-refractivity contribution in [3.05, 3.63) is 78.4 Å². The molecule has 4 unspecified atom stereocenters. The molecule has 3 aromatic rings. The highest BCUT2D eigenvalue weighted by molar-refractivity contribution is 6.11. The second-order valence-corrected chi connectivity index (χ2v) is 10.7. The van der Waals surface area contributed by atoms with E-state index in [9.17, 15) is 19.5 Å². The number of carbonyl (C=O) groups is 3. The number of carbonyl (C=O) groups excluding carboxylic acids is 3. The molecular formula is C34H40N2O7. The first-order chi connectivity index (χ1) is 20.7. The van der Waals surface area contributed by atoms with Crippen LogP contribution in [0.25, 0.3) is 0 Å². The normalized spacial score (nSPS) is 21.5. The molecule has 4 atom stereocenters. The van der Waals surface area contributed by atoms with E-state index >= 15 is 0 Å². The molecule has 0 radical (unpaired) electrons. The largest absolute Gasteiger partial charge is 0.494 e. The Kier molecular flexibility index (Phi) is 10.4. The summed E-state index contributed by atoms with van der Waals surface area (Å²) in [5.74, 6) is -3.45. The van der Waals surface area contributed by atoms with Crippen molar-refractivity contribution in [2.45, 2.75) is 52.1 Å². The number of amides is 2. The third-order valence-electron chi connectivity index (χ3n) is 7.46. The predicted octanol–water partition coefficient (Wildman–Crippen LogP) is 5.59. The maximum absolute atomic E-state index is 14.1. The van der Waals surface area contributed by atoms with Crippen LogP contribution in [0.5, 0.6) is 17.2 Å². The Bertz CT molecular complexity index is 1420. The van der Waals surface area contributed by atoms with Crippen LogP contribution in [0.3, 0.4) is 0 Å². The number of ketones is 1. The summed E-state index contributed by atoms with van der Waals surface area (Å²) in [4.78, 5) is 41.7. The molecular weight excluding hydrogens is 548 g/mol. The van der Waals surface area contributed by atoms with Gasteiger partial charge >= 0.3 is 0 Å². The number of anilines is 2. The van der Waals surface area contributed by atoms with E-state index in [4.69, 9.17) is 14.2 Å². The number of hydrogen-bond donors (Lipinski definition) is 3. The molecule has 4 rings (SSSR count). The highest BCUT2D eigenvalue weighted by Gasteiger charge is 2.56. The lowest BCUT2D eigenvalue weighted by Gasteiger charge is -2.44. The average molecular weight is 589 g/mol. The van der Waals surface area contributed by atoms with Gasteiger partial charge in [0, 0.05) is 12.3 Å². The first kappa shape index (κ1) is 31.6. The molecule has 1 saturated carbocycles. The van der Waals surface area contributed by atoms with Gasteiger partial charge in [0.25, 0.3) is 0 Å². The third kappa shape index (κ3) is 7.35. The Morgan fingerprint density at radius 2 is 1.35 bits per heavy atom. The third-order valence-corrected chi connectivity index (χ3v) is 7.46. The molecule has 0 aromatic heterocycles. The van der Waals surface area contributed by atoms with Crippen molar-refractivity contribution in [2.24, 2.45) is 11.8 Å². The molecule has 43 heavy (non-hydrogen) atoms. The molecule has 1 aliphatic rings. The highest BCUT2D eigenvalue weighted by atomic mass is 16.5. The van der Waals surface area contributed by atoms with Gasteiger partial charge in [-0.25, -0.2) is 0 Å². The van der Waals surface area contributed by atoms with Crippen LogP contribution in [-0.4, -0.2) is 48.1 Å². The fourth-order valence-corrected chi connectivity index (χ4v) is 5.62. The van der Waals surface area contributed by atoms with Gasteiger partial charge in [-0.1, -0.05) is 43.3 Å². The van der Waals surface area contributed by atoms with Gasteiger partial charge in [0.1, 0.15) is 28.9 Å². The molecule has 9 nitrogen and oxygen atoms in total. The van der Waals surface area contributed by atoms with Crippen molar-refractivity contribution < 1.29 is 33.7 Å². The molecule has 1 aliphatic carbocycles. The average Bonchev–Trinajstić information content (AvgIpc) is 2.97. The molecule has 2 amide bonds. The summed E-state index contributed by atoms with van der Waals surface area (Å²) in [6, 6.07) is 20.9. The maximum Gasteiger partial charge on any atom is 0.235 e. The second kappa shape index (κ2) is 14.2. The van der Waals surface area contributed by atoms with E-state index in [1.807, 2.05) is 20.8 Å². The fourth-order valence-electron chi connectivity index (χ4n) is 5.62. The summed E-state index contributed by atoms with van der Waals surface area (Å²) in [5.41, 5.74) is -0.360. The first-order valence-electron chi connectivity index (χ1n) is 14.7. The number of nitrogens with one attached hydrogen (secondary N) is 2. The number of ether oxygens (including phenoxy) is 3. The minimum absolute atomic E-state index is 0.377. The lowest BCUT2D eigenvalue weighted by atomic mass is 9.61. The molecule has 1 fully saturated rings. The minimum atomic E-state index is -1.75. The van der Waals surface area contributed by atoms with E-state index in [1.165, 1.54) is 6.92 Å². The van der Waals surface area contributed by atoms with Crippen molar-refractivity contribution in [1.82, 2.24) is 0 Å². The Hall–Kier alpha value is -4.37. The van der Waals surface area contributed by atoms with Gasteiger partial charge in [-0.05, 0) is 69.2 Å². The zero-order valence-electron chi connectivity index (χ0n) is 25.1. The summed E-state index contributed by atoms with van der Waals surface area (Å²) in [6.45, 7) is 8.46. The minimum Gasteiger partial charge on any atom is -0.494 e. The molecule has 3 N–H and O–H groups in total. The molecule has 3 aromatic carbocycles. The molecule has 9 heteroatoms. The topological polar surface area (TPSA) is 123 Å². The number of benzene rings is 3. The van der Waals surface area contributed by atoms with Gasteiger partial charge in [-0.3, -0.25) is 14.4 Å². The van der Waals surface area contributed by atoms with Crippen LogP contribution >= 0.6 is 0 Å². The zero-order valence-corrected chi connectivity index (χ0v) is 25.1. The number of aliphatic hydroxyl groups is 1. The van der Waals surface area contributed by atoms with Crippen LogP contribution in [0.4, 0.5) is 11.4 Å². The van der Waals surface area contributed by atoms with E-state index in [1.54, 1.807) is 72.8 Å². The fraction of sp³-hybridized carbons (Fsp3) is 0.382. The van der Waals surface area contributed by atoms with E-state index in [0.29, 0.717) is 54.0 Å². The zero-order chi connectivity index (χ0) is 31.0. The monoisotopic (exact) mass is 588 g/mol. The quantitative estimate of drug-likeness (QED) is 0.236. The standard InChI is InChI=1S/C34H40N2O7/c1-5-20-43-23-18-16-22(17-19-23)29-30(32(38)35-24-12-8-10-14-27(24)41-6-2)26(37)21-34(4,40)31(29)33(39)36-25-13-9-11-15-28(25)42-7-3/h8-19,29-31,40H,5-7,20-21H2,1-4H3,(H,35,38)(H,36,39). The highest BCUT2D eigenvalue weighted by Crippen LogP contribution is 2.47. The van der Waals surface area contributed by atoms with Crippen molar-refractivity contribution in [1.29, 1.82) is 0 Å². The van der Waals surface area contributed by atoms with Gasteiger partial charge in [-0.2, -0.15) is 0 Å². The van der Waals surface area contributed by atoms with Gasteiger partial charge in [0.2, 0.25) is 11.8 Å². The molecule has 0 spiro atoms. The first-order valence-corrected chi connectivity index (χ1v) is 14.7. The Morgan fingerprint density at radius 1 is 0.814 bits per heavy atom. The molecule has 0 aliphatic heterocycles. The number of hydrogen-bond acceptors (Lipinski definition) is 7. The molecule has 0 heterocycles. The van der Waals surface area contributed by atoms with Crippen molar-refractivity contribution in [3.8, 4) is 17.2 Å². The van der Waals surface area contributed by atoms with Crippen LogP contribution < -0.4 is 24.8 Å². The van der Waals surface area contributed by atoms with Crippen molar-refractivity contribution >= 4 is 29.0 Å². The number of rotatable bonds is 12. The van der Waals surface area contributed by atoms with E-state index in [-0.39, 0.29) is 6.42 Å². The number of para-hydroxylation sites is 4. The summed E-state index contributed by atoms with van der Waals surface area (Å²) in [6.07, 6.45) is 0.455. The SMILES string of the molecule is CCCOc1ccc(C2C(C(=O)Nc3ccccc3OCC)C(=O)CC(C)(O)C2C(=O)Nc2ccccc2OCC)cc1. The van der Waals surface area contributed by atoms with Gasteiger partial charge < -0.3 is 30.0 Å². The van der Waals surface area contributed by atoms with Crippen LogP contribution in [0.15, 0.2) is 72.8 Å². The van der Waals surface area contributed by atoms with Gasteiger partial charge in [0.05, 0.1) is 42.7 Å². The van der Waals surface area contributed by atoms with Gasteiger partial charge in [0.15, 0.2) is 0 Å². The summed E-state index contributed by atoms with van der Waals surface area (Å²) >= 11 is 0. The smallest absolute Gasteiger partial charge is 0.235 e. The Morgan fingerprint density at radius 3 is 1.88 bits per heavy atom. The second-order valence-electron chi connectivity index (χ2n) is 10.7. The molecule has 0 saturated heterocycles. The van der Waals surface area contributed by atoms with Gasteiger partial charge in [-0.15, -0.1) is 0 Å². The van der Waals surface area contributed by atoms with Crippen LogP contribution in [0, 0.1) is 11.8 Å². The predicted molar refractivity (Wildman–Crippen MR) is 165 cm³/mol. The molecule has 0 bridgehead atoms. The van der Waals surface area contributed by atoms with E-state index in [2.05, 4.69) is 10.6 Å². The number of Topliss-reactive ketones (excluding diaryl/α,β-unsaturated/α-hetero) is 1. The van der Waals surface area contributed by atoms with Crippen molar-refractivity contribution in [3.63, 3.8) is 0 Å². The Balaban J connectivity index is 1.77. The van der Waals surface area contributed by atoms with E-state index < -0.39 is 41.0 Å². The molecule has 228 valence electrons. The summed E-state index contributed by atoms with van der Waals surface area (Å²) < 4.78 is 17.1. The van der Waals surface area contributed by atoms with E-state index in [0.717, 1.165) is 6.42 Å². The lowest BCUT2D eigenvalue weighted by molar-refractivity contribution is -0.150. The Labute approximate surface area is 252 Å². The van der Waals surface area contributed by atoms with Crippen LogP contribution in [-0.2, 0) is 14.4 Å². The van der Waals surface area contributed by atoms with Crippen LogP contribution in [0.2, 0.25) is 0 Å². The van der Waals surface area contributed by atoms with Crippen LogP contribution in [0.1, 0.15) is 52.0 Å². The summed E-state index contributed by atoms with van der Waals surface area (Å²) in [7, 11) is 0. The summed E-state index contributed by atoms with van der Waals surface area (Å²) in [5, 5.41) is 17.4. The van der Waals surface area contributed by atoms with Crippen molar-refractivity contribution in [2.75, 3.05) is 30.5 Å².